The predicted molar refractivity (Wildman–Crippen MR) is 108 cm³/mol. The third kappa shape index (κ3) is 4.01. The molecule has 0 saturated carbocycles. The molecule has 1 aliphatic rings. The minimum absolute atomic E-state index is 0.0175. The lowest BCUT2D eigenvalue weighted by Crippen LogP contribution is -2.24. The van der Waals surface area contributed by atoms with Crippen LogP contribution >= 0.6 is 0 Å². The molecule has 0 aliphatic carbocycles. The van der Waals surface area contributed by atoms with Crippen LogP contribution in [0.5, 0.6) is 0 Å². The zero-order valence-corrected chi connectivity index (χ0v) is 15.7. The molecule has 4 nitrogen and oxygen atoms in total. The van der Waals surface area contributed by atoms with Gasteiger partial charge < -0.3 is 5.32 Å². The number of nitrogens with zero attached hydrogens (tertiary/aromatic N) is 2. The normalized spacial score (nSPS) is 17.3. The summed E-state index contributed by atoms with van der Waals surface area (Å²) in [7, 11) is 0. The van der Waals surface area contributed by atoms with Crippen LogP contribution in [0.15, 0.2) is 60.8 Å². The van der Waals surface area contributed by atoms with Crippen molar-refractivity contribution in [1.82, 2.24) is 15.2 Å². The van der Waals surface area contributed by atoms with Gasteiger partial charge in [0.15, 0.2) is 0 Å². The van der Waals surface area contributed by atoms with Gasteiger partial charge in [0.1, 0.15) is 0 Å². The monoisotopic (exact) mass is 359 g/mol. The number of nitrogens with one attached hydrogen (secondary N) is 1. The average Bonchev–Trinajstić information content (AvgIpc) is 3.15. The molecule has 1 aromatic heterocycles. The van der Waals surface area contributed by atoms with Crippen LogP contribution in [0.3, 0.4) is 0 Å². The Morgan fingerprint density at radius 2 is 2.00 bits per heavy atom. The van der Waals surface area contributed by atoms with E-state index in [1.165, 1.54) is 29.7 Å². The maximum absolute atomic E-state index is 11.1. The quantitative estimate of drug-likeness (QED) is 0.742. The van der Waals surface area contributed by atoms with Crippen LogP contribution in [0, 0.1) is 0 Å². The molecule has 1 fully saturated rings. The first-order valence-electron chi connectivity index (χ1n) is 9.60. The van der Waals surface area contributed by atoms with E-state index in [1.54, 1.807) is 0 Å². The zero-order valence-electron chi connectivity index (χ0n) is 15.7. The second-order valence-electron chi connectivity index (χ2n) is 7.27. The number of amides is 1. The van der Waals surface area contributed by atoms with E-state index in [1.807, 2.05) is 6.20 Å². The van der Waals surface area contributed by atoms with Gasteiger partial charge >= 0.3 is 0 Å². The summed E-state index contributed by atoms with van der Waals surface area (Å²) in [6.07, 6.45) is 4.23. The average molecular weight is 359 g/mol. The van der Waals surface area contributed by atoms with E-state index in [2.05, 4.69) is 64.8 Å². The maximum Gasteiger partial charge on any atom is 0.217 e. The predicted octanol–water partition coefficient (Wildman–Crippen LogP) is 4.21. The lowest BCUT2D eigenvalue weighted by molar-refractivity contribution is -0.119. The zero-order chi connectivity index (χ0) is 18.6. The van der Waals surface area contributed by atoms with Crippen molar-refractivity contribution in [3.05, 3.63) is 77.6 Å². The van der Waals surface area contributed by atoms with Gasteiger partial charge in [0.2, 0.25) is 5.91 Å². The Labute approximate surface area is 160 Å². The topological polar surface area (TPSA) is 45.2 Å². The Balaban J connectivity index is 1.51. The summed E-state index contributed by atoms with van der Waals surface area (Å²) in [5, 5.41) is 5.45. The first kappa shape index (κ1) is 17.7. The SMILES string of the molecule is CC(=O)NCc1ccc(C2CCCN2Cc2cccc3ccccc23)nc1. The van der Waals surface area contributed by atoms with E-state index in [-0.39, 0.29) is 5.91 Å². The molecule has 1 saturated heterocycles. The molecule has 1 amide bonds. The highest BCUT2D eigenvalue weighted by Gasteiger charge is 2.27. The van der Waals surface area contributed by atoms with E-state index in [4.69, 9.17) is 4.98 Å². The number of rotatable bonds is 5. The number of fused-ring (bicyclic) bond motifs is 1. The maximum atomic E-state index is 11.1. The summed E-state index contributed by atoms with van der Waals surface area (Å²) in [4.78, 5) is 18.3. The van der Waals surface area contributed by atoms with E-state index in [9.17, 15) is 4.79 Å². The van der Waals surface area contributed by atoms with Crippen LogP contribution < -0.4 is 5.32 Å². The first-order chi connectivity index (χ1) is 13.2. The standard InChI is InChI=1S/C23H25N3O/c1-17(27)24-14-18-11-12-22(25-15-18)23-10-5-13-26(23)16-20-8-4-7-19-6-2-3-9-21(19)20/h2-4,6-9,11-12,15,23H,5,10,13-14,16H2,1H3,(H,24,27). The van der Waals surface area contributed by atoms with E-state index < -0.39 is 0 Å². The number of likely N-dealkylation sites (tertiary alicyclic amines) is 1. The lowest BCUT2D eigenvalue weighted by atomic mass is 10.0. The number of benzene rings is 2. The largest absolute Gasteiger partial charge is 0.352 e. The lowest BCUT2D eigenvalue weighted by Gasteiger charge is -2.25. The van der Waals surface area contributed by atoms with Gasteiger partial charge in [0, 0.05) is 26.2 Å². The summed E-state index contributed by atoms with van der Waals surface area (Å²) in [5.74, 6) is -0.0175. The molecular formula is C23H25N3O. The Morgan fingerprint density at radius 3 is 2.81 bits per heavy atom. The Bertz CT molecular complexity index is 931. The van der Waals surface area contributed by atoms with Crippen molar-refractivity contribution in [3.8, 4) is 0 Å². The third-order valence-corrected chi connectivity index (χ3v) is 5.35. The molecule has 0 spiro atoms. The van der Waals surface area contributed by atoms with Gasteiger partial charge in [-0.1, -0.05) is 48.5 Å². The molecule has 4 rings (SSSR count). The van der Waals surface area contributed by atoms with Gasteiger partial charge in [0.25, 0.3) is 0 Å². The minimum atomic E-state index is -0.0175. The van der Waals surface area contributed by atoms with Crippen molar-refractivity contribution >= 4 is 16.7 Å². The molecule has 2 aromatic carbocycles. The van der Waals surface area contributed by atoms with E-state index in [0.29, 0.717) is 12.6 Å². The van der Waals surface area contributed by atoms with Gasteiger partial charge in [0.05, 0.1) is 11.7 Å². The molecule has 138 valence electrons. The molecule has 1 atom stereocenters. The number of aromatic nitrogens is 1. The van der Waals surface area contributed by atoms with Crippen molar-refractivity contribution < 1.29 is 4.79 Å². The van der Waals surface area contributed by atoms with Crippen molar-refractivity contribution in [2.24, 2.45) is 0 Å². The fourth-order valence-corrected chi connectivity index (χ4v) is 3.96. The van der Waals surface area contributed by atoms with Crippen molar-refractivity contribution in [3.63, 3.8) is 0 Å². The van der Waals surface area contributed by atoms with Crippen LogP contribution in [0.1, 0.15) is 42.6 Å². The fourth-order valence-electron chi connectivity index (χ4n) is 3.96. The summed E-state index contributed by atoms with van der Waals surface area (Å²) in [5.41, 5.74) is 3.54. The van der Waals surface area contributed by atoms with Crippen LogP contribution in [0.2, 0.25) is 0 Å². The summed E-state index contributed by atoms with van der Waals surface area (Å²) < 4.78 is 0. The molecule has 27 heavy (non-hydrogen) atoms. The second-order valence-corrected chi connectivity index (χ2v) is 7.27. The fraction of sp³-hybridized carbons (Fsp3) is 0.304. The van der Waals surface area contributed by atoms with Crippen molar-refractivity contribution in [1.29, 1.82) is 0 Å². The molecule has 2 heterocycles. The Kier molecular flexibility index (Phi) is 5.16. The molecule has 0 bridgehead atoms. The number of hydrogen-bond acceptors (Lipinski definition) is 3. The minimum Gasteiger partial charge on any atom is -0.352 e. The molecule has 4 heteroatoms. The molecule has 0 radical (unpaired) electrons. The van der Waals surface area contributed by atoms with Crippen LogP contribution in [-0.2, 0) is 17.9 Å². The number of pyridine rings is 1. The number of carbonyl (C=O) groups excluding carboxylic acids is 1. The second kappa shape index (κ2) is 7.89. The van der Waals surface area contributed by atoms with Gasteiger partial charge in [-0.25, -0.2) is 0 Å². The number of hydrogen-bond donors (Lipinski definition) is 1. The smallest absolute Gasteiger partial charge is 0.217 e. The van der Waals surface area contributed by atoms with E-state index >= 15 is 0 Å². The van der Waals surface area contributed by atoms with Gasteiger partial charge in [-0.2, -0.15) is 0 Å². The summed E-state index contributed by atoms with van der Waals surface area (Å²) in [6, 6.07) is 19.7. The first-order valence-corrected chi connectivity index (χ1v) is 9.60. The Hall–Kier alpha value is -2.72. The third-order valence-electron chi connectivity index (χ3n) is 5.35. The Morgan fingerprint density at radius 1 is 1.15 bits per heavy atom. The van der Waals surface area contributed by atoms with Crippen LogP contribution in [0.25, 0.3) is 10.8 Å². The van der Waals surface area contributed by atoms with Gasteiger partial charge in [-0.05, 0) is 47.4 Å². The molecule has 3 aromatic rings. The van der Waals surface area contributed by atoms with Gasteiger partial charge in [-0.3, -0.25) is 14.7 Å². The van der Waals surface area contributed by atoms with E-state index in [0.717, 1.165) is 30.8 Å². The molecule has 1 aliphatic heterocycles. The molecule has 1 unspecified atom stereocenters. The van der Waals surface area contributed by atoms with Crippen LogP contribution in [-0.4, -0.2) is 22.3 Å². The summed E-state index contributed by atoms with van der Waals surface area (Å²) in [6.45, 7) is 4.11. The highest BCUT2D eigenvalue weighted by molar-refractivity contribution is 5.85. The number of carbonyl (C=O) groups is 1. The molecular weight excluding hydrogens is 334 g/mol. The molecule has 1 N–H and O–H groups in total. The van der Waals surface area contributed by atoms with Crippen LogP contribution in [0.4, 0.5) is 0 Å². The van der Waals surface area contributed by atoms with Crippen molar-refractivity contribution in [2.75, 3.05) is 6.54 Å². The highest BCUT2D eigenvalue weighted by Crippen LogP contribution is 2.33. The highest BCUT2D eigenvalue weighted by atomic mass is 16.1. The summed E-state index contributed by atoms with van der Waals surface area (Å²) >= 11 is 0. The van der Waals surface area contributed by atoms with Gasteiger partial charge in [-0.15, -0.1) is 0 Å². The van der Waals surface area contributed by atoms with Crippen molar-refractivity contribution in [2.45, 2.75) is 38.9 Å².